The number of aromatic nitrogens is 1. The molecule has 2 rings (SSSR count). The summed E-state index contributed by atoms with van der Waals surface area (Å²) in [5.74, 6) is 0.638. The molecule has 2 aromatic rings. The van der Waals surface area contributed by atoms with Crippen molar-refractivity contribution in [2.75, 3.05) is 7.11 Å². The molecule has 4 heteroatoms. The van der Waals surface area contributed by atoms with Gasteiger partial charge in [0.25, 0.3) is 0 Å². The van der Waals surface area contributed by atoms with Crippen molar-refractivity contribution in [2.45, 2.75) is 13.0 Å². The second kappa shape index (κ2) is 5.50. The normalized spacial score (nSPS) is 12.2. The number of hydrogen-bond donors (Lipinski definition) is 1. The van der Waals surface area contributed by atoms with Gasteiger partial charge >= 0.3 is 0 Å². The van der Waals surface area contributed by atoms with E-state index in [2.05, 4.69) is 20.9 Å². The Kier molecular flexibility index (Phi) is 3.99. The lowest BCUT2D eigenvalue weighted by Crippen LogP contribution is -2.03. The summed E-state index contributed by atoms with van der Waals surface area (Å²) in [7, 11) is 1.58. The third-order valence-electron chi connectivity index (χ3n) is 2.89. The van der Waals surface area contributed by atoms with Crippen molar-refractivity contribution < 1.29 is 9.84 Å². The zero-order chi connectivity index (χ0) is 13.1. The average Bonchev–Trinajstić information content (AvgIpc) is 2.41. The fourth-order valence-corrected chi connectivity index (χ4v) is 2.18. The first kappa shape index (κ1) is 13.1. The Balaban J connectivity index is 2.41. The topological polar surface area (TPSA) is 42.4 Å². The van der Waals surface area contributed by atoms with Crippen LogP contribution in [0.2, 0.25) is 0 Å². The predicted octanol–water partition coefficient (Wildman–Crippen LogP) is 3.24. The van der Waals surface area contributed by atoms with Crippen LogP contribution >= 0.6 is 15.9 Å². The van der Waals surface area contributed by atoms with E-state index in [0.29, 0.717) is 5.75 Å². The van der Waals surface area contributed by atoms with Crippen LogP contribution in [0.15, 0.2) is 41.1 Å². The number of pyridine rings is 1. The molecule has 0 saturated carbocycles. The third-order valence-corrected chi connectivity index (χ3v) is 3.75. The highest BCUT2D eigenvalue weighted by Gasteiger charge is 2.15. The summed E-state index contributed by atoms with van der Waals surface area (Å²) < 4.78 is 6.09. The molecule has 18 heavy (non-hydrogen) atoms. The molecule has 1 heterocycles. The van der Waals surface area contributed by atoms with E-state index in [-0.39, 0.29) is 0 Å². The van der Waals surface area contributed by atoms with Crippen LogP contribution in [0.3, 0.4) is 0 Å². The first-order valence-corrected chi connectivity index (χ1v) is 6.35. The van der Waals surface area contributed by atoms with Crippen molar-refractivity contribution in [3.05, 3.63) is 57.8 Å². The van der Waals surface area contributed by atoms with E-state index in [4.69, 9.17) is 4.74 Å². The Morgan fingerprint density at radius 1 is 1.33 bits per heavy atom. The molecule has 0 aliphatic rings. The van der Waals surface area contributed by atoms with Crippen LogP contribution in [0.5, 0.6) is 5.75 Å². The van der Waals surface area contributed by atoms with Crippen molar-refractivity contribution >= 4 is 15.9 Å². The third kappa shape index (κ3) is 2.54. The van der Waals surface area contributed by atoms with Crippen LogP contribution in [0.25, 0.3) is 0 Å². The number of aliphatic hydroxyl groups excluding tert-OH is 1. The zero-order valence-corrected chi connectivity index (χ0v) is 11.8. The van der Waals surface area contributed by atoms with Crippen LogP contribution in [0, 0.1) is 6.92 Å². The van der Waals surface area contributed by atoms with Crippen LogP contribution in [0.4, 0.5) is 0 Å². The van der Waals surface area contributed by atoms with E-state index in [1.165, 1.54) is 0 Å². The number of ether oxygens (including phenoxy) is 1. The lowest BCUT2D eigenvalue weighted by Gasteiger charge is -2.15. The van der Waals surface area contributed by atoms with Gasteiger partial charge in [0.05, 0.1) is 13.3 Å². The van der Waals surface area contributed by atoms with Crippen LogP contribution in [-0.4, -0.2) is 17.2 Å². The van der Waals surface area contributed by atoms with Gasteiger partial charge in [-0.1, -0.05) is 28.1 Å². The maximum absolute atomic E-state index is 10.4. The van der Waals surface area contributed by atoms with Crippen molar-refractivity contribution in [1.29, 1.82) is 0 Å². The van der Waals surface area contributed by atoms with E-state index in [0.717, 1.165) is 21.2 Å². The maximum Gasteiger partial charge on any atom is 0.137 e. The van der Waals surface area contributed by atoms with Crippen LogP contribution < -0.4 is 4.74 Å². The minimum atomic E-state index is -0.704. The lowest BCUT2D eigenvalue weighted by molar-refractivity contribution is 0.218. The molecule has 1 unspecified atom stereocenters. The molecule has 0 aliphatic heterocycles. The Morgan fingerprint density at radius 2 is 2.11 bits per heavy atom. The maximum atomic E-state index is 10.4. The van der Waals surface area contributed by atoms with Crippen molar-refractivity contribution in [3.63, 3.8) is 0 Å². The molecule has 0 aliphatic carbocycles. The monoisotopic (exact) mass is 307 g/mol. The van der Waals surface area contributed by atoms with Gasteiger partial charge < -0.3 is 9.84 Å². The molecule has 0 amide bonds. The smallest absolute Gasteiger partial charge is 0.137 e. The van der Waals surface area contributed by atoms with Gasteiger partial charge in [0.15, 0.2) is 0 Å². The highest BCUT2D eigenvalue weighted by Crippen LogP contribution is 2.29. The standard InChI is InChI=1S/C14H14BrNO2/c1-9-12(4-3-5-13(9)15)14(17)10-6-11(18-2)8-16-7-10/h3-8,14,17H,1-2H3. The molecule has 0 fully saturated rings. The van der Waals surface area contributed by atoms with E-state index in [1.54, 1.807) is 25.6 Å². The first-order valence-electron chi connectivity index (χ1n) is 5.55. The molecule has 1 aromatic heterocycles. The minimum absolute atomic E-state index is 0.638. The summed E-state index contributed by atoms with van der Waals surface area (Å²) in [6, 6.07) is 7.56. The van der Waals surface area contributed by atoms with E-state index in [9.17, 15) is 5.11 Å². The number of methoxy groups -OCH3 is 1. The molecule has 3 nitrogen and oxygen atoms in total. The van der Waals surface area contributed by atoms with Gasteiger partial charge in [-0.05, 0) is 30.2 Å². The summed E-state index contributed by atoms with van der Waals surface area (Å²) in [6.07, 6.45) is 2.56. The van der Waals surface area contributed by atoms with Gasteiger partial charge in [-0.25, -0.2) is 0 Å². The molecular formula is C14H14BrNO2. The fraction of sp³-hybridized carbons (Fsp3) is 0.214. The van der Waals surface area contributed by atoms with E-state index < -0.39 is 6.10 Å². The zero-order valence-electron chi connectivity index (χ0n) is 10.2. The summed E-state index contributed by atoms with van der Waals surface area (Å²) >= 11 is 3.46. The molecule has 0 spiro atoms. The SMILES string of the molecule is COc1cncc(C(O)c2cccc(Br)c2C)c1. The number of rotatable bonds is 3. The van der Waals surface area contributed by atoms with E-state index in [1.807, 2.05) is 25.1 Å². The minimum Gasteiger partial charge on any atom is -0.495 e. The van der Waals surface area contributed by atoms with Crippen molar-refractivity contribution in [2.24, 2.45) is 0 Å². The highest BCUT2D eigenvalue weighted by molar-refractivity contribution is 9.10. The molecule has 94 valence electrons. The first-order chi connectivity index (χ1) is 8.63. The summed E-state index contributed by atoms with van der Waals surface area (Å²) in [4.78, 5) is 4.06. The number of halogens is 1. The van der Waals surface area contributed by atoms with Gasteiger partial charge in [-0.3, -0.25) is 4.98 Å². The average molecular weight is 308 g/mol. The number of benzene rings is 1. The second-order valence-electron chi connectivity index (χ2n) is 4.01. The summed E-state index contributed by atoms with van der Waals surface area (Å²) in [5.41, 5.74) is 2.60. The van der Waals surface area contributed by atoms with Gasteiger partial charge in [0.2, 0.25) is 0 Å². The molecule has 0 saturated heterocycles. The number of nitrogens with zero attached hydrogens (tertiary/aromatic N) is 1. The number of aliphatic hydroxyl groups is 1. The summed E-state index contributed by atoms with van der Waals surface area (Å²) in [6.45, 7) is 1.97. The van der Waals surface area contributed by atoms with Crippen LogP contribution in [0.1, 0.15) is 22.8 Å². The summed E-state index contributed by atoms with van der Waals surface area (Å²) in [5, 5.41) is 10.4. The molecule has 1 N–H and O–H groups in total. The molecule has 0 radical (unpaired) electrons. The van der Waals surface area contributed by atoms with Crippen molar-refractivity contribution in [1.82, 2.24) is 4.98 Å². The van der Waals surface area contributed by atoms with Crippen molar-refractivity contribution in [3.8, 4) is 5.75 Å². The van der Waals surface area contributed by atoms with Gasteiger partial charge in [0.1, 0.15) is 11.9 Å². The second-order valence-corrected chi connectivity index (χ2v) is 4.87. The quantitative estimate of drug-likeness (QED) is 0.946. The fourth-order valence-electron chi connectivity index (χ4n) is 1.80. The van der Waals surface area contributed by atoms with Gasteiger partial charge in [0, 0.05) is 16.2 Å². The Bertz CT molecular complexity index is 557. The molecule has 1 aromatic carbocycles. The lowest BCUT2D eigenvalue weighted by atomic mass is 9.99. The van der Waals surface area contributed by atoms with Crippen LogP contribution in [-0.2, 0) is 0 Å². The van der Waals surface area contributed by atoms with Gasteiger partial charge in [-0.15, -0.1) is 0 Å². The largest absolute Gasteiger partial charge is 0.495 e. The Morgan fingerprint density at radius 3 is 2.83 bits per heavy atom. The van der Waals surface area contributed by atoms with E-state index >= 15 is 0 Å². The van der Waals surface area contributed by atoms with Gasteiger partial charge in [-0.2, -0.15) is 0 Å². The Hall–Kier alpha value is -1.39. The molecule has 1 atom stereocenters. The number of hydrogen-bond acceptors (Lipinski definition) is 3. The predicted molar refractivity (Wildman–Crippen MR) is 73.7 cm³/mol. The molecule has 0 bridgehead atoms. The highest BCUT2D eigenvalue weighted by atomic mass is 79.9. The Labute approximate surface area is 115 Å². The molecular weight excluding hydrogens is 294 g/mol.